The molecule has 0 amide bonds. The number of rotatable bonds is 3. The van der Waals surface area contributed by atoms with Gasteiger partial charge in [-0.15, -0.1) is 0 Å². The SMILES string of the molecule is CC1=C(c2ccccc2)C=CC1C(C)(C)c1ccccn1. The zero-order valence-electron chi connectivity index (χ0n) is 12.9. The van der Waals surface area contributed by atoms with Crippen LogP contribution in [-0.4, -0.2) is 4.98 Å². The van der Waals surface area contributed by atoms with Gasteiger partial charge in [0.25, 0.3) is 0 Å². The summed E-state index contributed by atoms with van der Waals surface area (Å²) < 4.78 is 0. The van der Waals surface area contributed by atoms with Crippen molar-refractivity contribution in [3.63, 3.8) is 0 Å². The summed E-state index contributed by atoms with van der Waals surface area (Å²) in [4.78, 5) is 4.57. The predicted molar refractivity (Wildman–Crippen MR) is 88.9 cm³/mol. The summed E-state index contributed by atoms with van der Waals surface area (Å²) in [6.07, 6.45) is 6.47. The van der Waals surface area contributed by atoms with Crippen LogP contribution in [-0.2, 0) is 5.41 Å². The monoisotopic (exact) mass is 275 g/mol. The standard InChI is InChI=1S/C20H21N/c1-15-17(16-9-5-4-6-10-16)12-13-18(15)20(2,3)19-11-7-8-14-21-19/h4-14,18H,1-3H3. The Labute approximate surface area is 127 Å². The topological polar surface area (TPSA) is 12.9 Å². The van der Waals surface area contributed by atoms with Gasteiger partial charge in [0, 0.05) is 23.2 Å². The largest absolute Gasteiger partial charge is 0.261 e. The highest BCUT2D eigenvalue weighted by Gasteiger charge is 2.35. The third-order valence-electron chi connectivity index (χ3n) is 4.53. The van der Waals surface area contributed by atoms with Gasteiger partial charge >= 0.3 is 0 Å². The molecule has 21 heavy (non-hydrogen) atoms. The van der Waals surface area contributed by atoms with Gasteiger partial charge in [-0.2, -0.15) is 0 Å². The number of aromatic nitrogens is 1. The second-order valence-corrected chi connectivity index (χ2v) is 6.24. The van der Waals surface area contributed by atoms with Gasteiger partial charge in [0.1, 0.15) is 0 Å². The number of hydrogen-bond donors (Lipinski definition) is 0. The van der Waals surface area contributed by atoms with Crippen molar-refractivity contribution < 1.29 is 0 Å². The van der Waals surface area contributed by atoms with E-state index in [1.54, 1.807) is 0 Å². The van der Waals surface area contributed by atoms with E-state index in [1.807, 2.05) is 12.3 Å². The maximum absolute atomic E-state index is 4.57. The number of benzene rings is 1. The molecule has 106 valence electrons. The summed E-state index contributed by atoms with van der Waals surface area (Å²) in [7, 11) is 0. The first-order chi connectivity index (χ1) is 10.1. The lowest BCUT2D eigenvalue weighted by Gasteiger charge is -2.31. The molecule has 0 saturated heterocycles. The summed E-state index contributed by atoms with van der Waals surface area (Å²) in [6, 6.07) is 16.8. The van der Waals surface area contributed by atoms with Crippen LogP contribution >= 0.6 is 0 Å². The van der Waals surface area contributed by atoms with E-state index in [9.17, 15) is 0 Å². The number of allylic oxidation sites excluding steroid dienone is 4. The summed E-state index contributed by atoms with van der Waals surface area (Å²) in [5, 5.41) is 0. The molecule has 1 atom stereocenters. The van der Waals surface area contributed by atoms with Crippen molar-refractivity contribution in [1.29, 1.82) is 0 Å². The minimum atomic E-state index is -0.00161. The van der Waals surface area contributed by atoms with Crippen molar-refractivity contribution in [2.75, 3.05) is 0 Å². The minimum Gasteiger partial charge on any atom is -0.261 e. The van der Waals surface area contributed by atoms with Crippen LogP contribution in [0.2, 0.25) is 0 Å². The highest BCUT2D eigenvalue weighted by atomic mass is 14.7. The van der Waals surface area contributed by atoms with Crippen LogP contribution in [0.4, 0.5) is 0 Å². The predicted octanol–water partition coefficient (Wildman–Crippen LogP) is 5.02. The zero-order chi connectivity index (χ0) is 14.9. The van der Waals surface area contributed by atoms with Crippen LogP contribution in [0.15, 0.2) is 72.5 Å². The van der Waals surface area contributed by atoms with Gasteiger partial charge in [-0.3, -0.25) is 4.98 Å². The lowest BCUT2D eigenvalue weighted by atomic mass is 9.73. The molecule has 0 fully saturated rings. The van der Waals surface area contributed by atoms with Crippen LogP contribution < -0.4 is 0 Å². The van der Waals surface area contributed by atoms with Crippen LogP contribution in [0.3, 0.4) is 0 Å². The van der Waals surface area contributed by atoms with Crippen molar-refractivity contribution in [3.8, 4) is 0 Å². The lowest BCUT2D eigenvalue weighted by Crippen LogP contribution is -2.28. The molecule has 1 heterocycles. The van der Waals surface area contributed by atoms with E-state index in [1.165, 1.54) is 16.7 Å². The first-order valence-electron chi connectivity index (χ1n) is 7.46. The molecule has 1 aliphatic rings. The fraction of sp³-hybridized carbons (Fsp3) is 0.250. The van der Waals surface area contributed by atoms with Crippen molar-refractivity contribution in [1.82, 2.24) is 4.98 Å². The van der Waals surface area contributed by atoms with Gasteiger partial charge in [-0.05, 0) is 30.2 Å². The average Bonchev–Trinajstić information content (AvgIpc) is 2.91. The first-order valence-corrected chi connectivity index (χ1v) is 7.46. The van der Waals surface area contributed by atoms with E-state index in [4.69, 9.17) is 0 Å². The Morgan fingerprint density at radius 1 is 0.952 bits per heavy atom. The molecule has 0 spiro atoms. The van der Waals surface area contributed by atoms with Crippen LogP contribution in [0.25, 0.3) is 5.57 Å². The van der Waals surface area contributed by atoms with E-state index < -0.39 is 0 Å². The molecule has 2 aromatic rings. The summed E-state index contributed by atoms with van der Waals surface area (Å²) in [5.41, 5.74) is 5.22. The summed E-state index contributed by atoms with van der Waals surface area (Å²) in [5.74, 6) is 0.391. The molecule has 0 radical (unpaired) electrons. The second kappa shape index (κ2) is 5.33. The number of hydrogen-bond acceptors (Lipinski definition) is 1. The zero-order valence-corrected chi connectivity index (χ0v) is 12.9. The van der Waals surface area contributed by atoms with Crippen molar-refractivity contribution >= 4 is 5.57 Å². The average molecular weight is 275 g/mol. The Kier molecular flexibility index (Phi) is 3.50. The van der Waals surface area contributed by atoms with E-state index in [2.05, 4.69) is 80.4 Å². The molecule has 1 aromatic carbocycles. The van der Waals surface area contributed by atoms with E-state index >= 15 is 0 Å². The van der Waals surface area contributed by atoms with Crippen molar-refractivity contribution in [3.05, 3.63) is 83.7 Å². The normalized spacial score (nSPS) is 18.3. The Morgan fingerprint density at radius 2 is 1.67 bits per heavy atom. The van der Waals surface area contributed by atoms with Crippen LogP contribution in [0, 0.1) is 5.92 Å². The minimum absolute atomic E-state index is 0.00161. The van der Waals surface area contributed by atoms with Gasteiger partial charge in [-0.1, -0.05) is 68.0 Å². The fourth-order valence-corrected chi connectivity index (χ4v) is 3.26. The molecule has 1 unspecified atom stereocenters. The first kappa shape index (κ1) is 13.8. The van der Waals surface area contributed by atoms with Gasteiger partial charge in [0.15, 0.2) is 0 Å². The summed E-state index contributed by atoms with van der Waals surface area (Å²) >= 11 is 0. The molecule has 3 rings (SSSR count). The summed E-state index contributed by atoms with van der Waals surface area (Å²) in [6.45, 7) is 6.81. The maximum Gasteiger partial charge on any atom is 0.0468 e. The Bertz CT molecular complexity index is 678. The molecule has 1 nitrogen and oxygen atoms in total. The third-order valence-corrected chi connectivity index (χ3v) is 4.53. The molecule has 1 aliphatic carbocycles. The van der Waals surface area contributed by atoms with Crippen LogP contribution in [0.5, 0.6) is 0 Å². The highest BCUT2D eigenvalue weighted by Crippen LogP contribution is 2.43. The van der Waals surface area contributed by atoms with E-state index in [-0.39, 0.29) is 5.41 Å². The molecular weight excluding hydrogens is 254 g/mol. The maximum atomic E-state index is 4.57. The Morgan fingerprint density at radius 3 is 2.33 bits per heavy atom. The molecule has 1 aromatic heterocycles. The Balaban J connectivity index is 1.99. The van der Waals surface area contributed by atoms with Crippen LogP contribution in [0.1, 0.15) is 32.0 Å². The second-order valence-electron chi connectivity index (χ2n) is 6.24. The van der Waals surface area contributed by atoms with Gasteiger partial charge in [0.05, 0.1) is 0 Å². The quantitative estimate of drug-likeness (QED) is 0.766. The Hall–Kier alpha value is -2.15. The molecular formula is C20H21N. The molecule has 0 bridgehead atoms. The van der Waals surface area contributed by atoms with E-state index in [0.717, 1.165) is 5.69 Å². The molecule has 1 heteroatoms. The van der Waals surface area contributed by atoms with E-state index in [0.29, 0.717) is 5.92 Å². The third kappa shape index (κ3) is 2.44. The van der Waals surface area contributed by atoms with Crippen molar-refractivity contribution in [2.24, 2.45) is 5.92 Å². The molecule has 0 N–H and O–H groups in total. The molecule has 0 saturated carbocycles. The molecule has 0 aliphatic heterocycles. The lowest BCUT2D eigenvalue weighted by molar-refractivity contribution is 0.420. The highest BCUT2D eigenvalue weighted by molar-refractivity contribution is 5.80. The number of nitrogens with zero attached hydrogens (tertiary/aromatic N) is 1. The van der Waals surface area contributed by atoms with Gasteiger partial charge in [0.2, 0.25) is 0 Å². The van der Waals surface area contributed by atoms with Crippen molar-refractivity contribution in [2.45, 2.75) is 26.2 Å². The fourth-order valence-electron chi connectivity index (χ4n) is 3.26. The van der Waals surface area contributed by atoms with Gasteiger partial charge < -0.3 is 0 Å². The smallest absolute Gasteiger partial charge is 0.0468 e. The number of pyridine rings is 1. The van der Waals surface area contributed by atoms with Gasteiger partial charge in [-0.25, -0.2) is 0 Å².